The molecule has 1 saturated heterocycles. The molecule has 2 fully saturated rings. The molecule has 3 rings (SSSR count). The smallest absolute Gasteiger partial charge is 0.0809 e. The third-order valence-corrected chi connectivity index (χ3v) is 4.41. The Morgan fingerprint density at radius 3 is 2.76 bits per heavy atom. The fourth-order valence-corrected chi connectivity index (χ4v) is 3.07. The first kappa shape index (κ1) is 15.0. The molecule has 3 heteroatoms. The molecule has 1 N–H and O–H groups in total. The van der Waals surface area contributed by atoms with E-state index in [0.29, 0.717) is 12.1 Å². The zero-order valence-electron chi connectivity index (χ0n) is 12.8. The van der Waals surface area contributed by atoms with Crippen LogP contribution in [0.1, 0.15) is 43.7 Å². The predicted octanol–water partition coefficient (Wildman–Crippen LogP) is 3.31. The quantitative estimate of drug-likeness (QED) is 0.707. The summed E-state index contributed by atoms with van der Waals surface area (Å²) in [5, 5.41) is 3.72. The summed E-state index contributed by atoms with van der Waals surface area (Å²) >= 11 is 0. The van der Waals surface area contributed by atoms with E-state index < -0.39 is 0 Å². The summed E-state index contributed by atoms with van der Waals surface area (Å²) in [6.45, 7) is 3.54. The number of hydrogen-bond acceptors (Lipinski definition) is 3. The summed E-state index contributed by atoms with van der Waals surface area (Å²) in [5.41, 5.74) is 1.43. The van der Waals surface area contributed by atoms with Crippen LogP contribution in [0.25, 0.3) is 0 Å². The Kier molecular flexibility index (Phi) is 5.67. The van der Waals surface area contributed by atoms with E-state index in [9.17, 15) is 0 Å². The second-order valence-corrected chi connectivity index (χ2v) is 6.24. The Labute approximate surface area is 128 Å². The molecule has 1 aromatic carbocycles. The topological polar surface area (TPSA) is 30.5 Å². The Morgan fingerprint density at radius 2 is 2.05 bits per heavy atom. The highest BCUT2D eigenvalue weighted by Crippen LogP contribution is 2.40. The van der Waals surface area contributed by atoms with Crippen LogP contribution in [0, 0.1) is 5.92 Å². The van der Waals surface area contributed by atoms with E-state index in [4.69, 9.17) is 9.47 Å². The lowest BCUT2D eigenvalue weighted by Gasteiger charge is -2.19. The molecule has 0 bridgehead atoms. The van der Waals surface area contributed by atoms with Gasteiger partial charge >= 0.3 is 0 Å². The lowest BCUT2D eigenvalue weighted by molar-refractivity contribution is 0.0165. The largest absolute Gasteiger partial charge is 0.379 e. The van der Waals surface area contributed by atoms with Crippen LogP contribution in [0.3, 0.4) is 0 Å². The molecule has 0 radical (unpaired) electrons. The van der Waals surface area contributed by atoms with Crippen LogP contribution < -0.4 is 5.32 Å². The van der Waals surface area contributed by atoms with E-state index in [-0.39, 0.29) is 0 Å². The van der Waals surface area contributed by atoms with Gasteiger partial charge in [0.2, 0.25) is 0 Å². The zero-order valence-corrected chi connectivity index (χ0v) is 12.8. The molecule has 21 heavy (non-hydrogen) atoms. The zero-order chi connectivity index (χ0) is 14.3. The van der Waals surface area contributed by atoms with Crippen LogP contribution in [-0.4, -0.2) is 32.5 Å². The van der Waals surface area contributed by atoms with Gasteiger partial charge < -0.3 is 14.8 Å². The van der Waals surface area contributed by atoms with Gasteiger partial charge in [0.05, 0.1) is 12.7 Å². The van der Waals surface area contributed by atoms with Crippen molar-refractivity contribution in [3.8, 4) is 0 Å². The highest BCUT2D eigenvalue weighted by Gasteiger charge is 2.31. The lowest BCUT2D eigenvalue weighted by atomic mass is 10.0. The first-order valence-corrected chi connectivity index (χ1v) is 8.41. The minimum atomic E-state index is 0.349. The molecule has 2 atom stereocenters. The molecule has 3 nitrogen and oxygen atoms in total. The monoisotopic (exact) mass is 289 g/mol. The van der Waals surface area contributed by atoms with Gasteiger partial charge in [0.25, 0.3) is 0 Å². The van der Waals surface area contributed by atoms with Gasteiger partial charge in [0.15, 0.2) is 0 Å². The third-order valence-electron chi connectivity index (χ3n) is 4.41. The van der Waals surface area contributed by atoms with E-state index >= 15 is 0 Å². The van der Waals surface area contributed by atoms with Gasteiger partial charge in [-0.25, -0.2) is 0 Å². The van der Waals surface area contributed by atoms with Crippen molar-refractivity contribution in [3.05, 3.63) is 35.9 Å². The van der Waals surface area contributed by atoms with Gasteiger partial charge in [0.1, 0.15) is 0 Å². The van der Waals surface area contributed by atoms with Gasteiger partial charge in [-0.15, -0.1) is 0 Å². The fraction of sp³-hybridized carbons (Fsp3) is 0.667. The van der Waals surface area contributed by atoms with Crippen LogP contribution in [0.4, 0.5) is 0 Å². The third kappa shape index (κ3) is 4.80. The van der Waals surface area contributed by atoms with E-state index in [0.717, 1.165) is 45.1 Å². The van der Waals surface area contributed by atoms with Gasteiger partial charge in [-0.2, -0.15) is 0 Å². The van der Waals surface area contributed by atoms with Crippen LogP contribution in [-0.2, 0) is 9.47 Å². The maximum Gasteiger partial charge on any atom is 0.0809 e. The van der Waals surface area contributed by atoms with Crippen molar-refractivity contribution < 1.29 is 9.47 Å². The second-order valence-electron chi connectivity index (χ2n) is 6.24. The number of benzene rings is 1. The summed E-state index contributed by atoms with van der Waals surface area (Å²) in [5.74, 6) is 0.834. The van der Waals surface area contributed by atoms with E-state index in [1.54, 1.807) is 0 Å². The minimum Gasteiger partial charge on any atom is -0.379 e. The van der Waals surface area contributed by atoms with Gasteiger partial charge in [0, 0.05) is 19.3 Å². The molecule has 0 aromatic heterocycles. The second kappa shape index (κ2) is 7.92. The first-order chi connectivity index (χ1) is 10.4. The number of hydrogen-bond donors (Lipinski definition) is 1. The molecule has 0 amide bonds. The Hall–Kier alpha value is -0.900. The average molecular weight is 289 g/mol. The van der Waals surface area contributed by atoms with Crippen molar-refractivity contribution in [1.29, 1.82) is 0 Å². The molecule has 2 aliphatic rings. The number of nitrogens with one attached hydrogen (secondary N) is 1. The number of rotatable bonds is 9. The molecule has 1 saturated carbocycles. The fourth-order valence-electron chi connectivity index (χ4n) is 3.07. The maximum atomic E-state index is 5.72. The van der Waals surface area contributed by atoms with Gasteiger partial charge in [-0.05, 0) is 50.1 Å². The molecule has 2 unspecified atom stereocenters. The van der Waals surface area contributed by atoms with Crippen molar-refractivity contribution in [2.45, 2.75) is 44.2 Å². The van der Waals surface area contributed by atoms with Crippen molar-refractivity contribution >= 4 is 0 Å². The SMILES string of the molecule is c1ccc(C(NCCCOCC2CCCO2)C2CC2)cc1. The maximum absolute atomic E-state index is 5.72. The van der Waals surface area contributed by atoms with Crippen LogP contribution in [0.15, 0.2) is 30.3 Å². The normalized spacial score (nSPS) is 23.3. The molecule has 1 aromatic rings. The minimum absolute atomic E-state index is 0.349. The Morgan fingerprint density at radius 1 is 1.19 bits per heavy atom. The molecule has 0 spiro atoms. The standard InChI is InChI=1S/C18H27NO2/c1-2-6-15(7-3-1)18(16-9-10-16)19-11-5-12-20-14-17-8-4-13-21-17/h1-3,6-7,16-19H,4-5,8-14H2. The van der Waals surface area contributed by atoms with Gasteiger partial charge in [-0.1, -0.05) is 30.3 Å². The highest BCUT2D eigenvalue weighted by molar-refractivity contribution is 5.21. The molecule has 1 heterocycles. The van der Waals surface area contributed by atoms with E-state index in [2.05, 4.69) is 35.6 Å². The molecule has 116 valence electrons. The molecule has 1 aliphatic heterocycles. The van der Waals surface area contributed by atoms with Crippen molar-refractivity contribution in [2.75, 3.05) is 26.4 Å². The van der Waals surface area contributed by atoms with Gasteiger partial charge in [-0.3, -0.25) is 0 Å². The van der Waals surface area contributed by atoms with Crippen molar-refractivity contribution in [2.24, 2.45) is 5.92 Å². The first-order valence-electron chi connectivity index (χ1n) is 8.41. The van der Waals surface area contributed by atoms with Crippen molar-refractivity contribution in [3.63, 3.8) is 0 Å². The summed E-state index contributed by atoms with van der Waals surface area (Å²) in [6, 6.07) is 11.4. The summed E-state index contributed by atoms with van der Waals surface area (Å²) in [7, 11) is 0. The van der Waals surface area contributed by atoms with E-state index in [1.807, 2.05) is 0 Å². The molecular weight excluding hydrogens is 262 g/mol. The highest BCUT2D eigenvalue weighted by atomic mass is 16.5. The van der Waals surface area contributed by atoms with E-state index in [1.165, 1.54) is 24.8 Å². The van der Waals surface area contributed by atoms with Crippen LogP contribution in [0.5, 0.6) is 0 Å². The Bertz CT molecular complexity index is 399. The summed E-state index contributed by atoms with van der Waals surface area (Å²) in [6.07, 6.45) is 6.50. The molecular formula is C18H27NO2. The summed E-state index contributed by atoms with van der Waals surface area (Å²) in [4.78, 5) is 0. The summed E-state index contributed by atoms with van der Waals surface area (Å²) < 4.78 is 11.3. The van der Waals surface area contributed by atoms with Crippen LogP contribution in [0.2, 0.25) is 0 Å². The predicted molar refractivity (Wildman–Crippen MR) is 84.3 cm³/mol. The number of ether oxygens (including phenoxy) is 2. The molecule has 1 aliphatic carbocycles. The van der Waals surface area contributed by atoms with Crippen LogP contribution >= 0.6 is 0 Å². The average Bonchev–Trinajstić information content (AvgIpc) is 3.23. The lowest BCUT2D eigenvalue weighted by Crippen LogP contribution is -2.25. The Balaban J connectivity index is 1.32. The van der Waals surface area contributed by atoms with Crippen molar-refractivity contribution in [1.82, 2.24) is 5.32 Å².